The molecule has 2 heteroatoms. The Hall–Kier alpha value is -0.860. The van der Waals surface area contributed by atoms with Crippen LogP contribution in [0.25, 0.3) is 0 Å². The molecule has 1 aliphatic rings. The van der Waals surface area contributed by atoms with E-state index in [0.29, 0.717) is 12.1 Å². The van der Waals surface area contributed by atoms with Crippen molar-refractivity contribution in [2.24, 2.45) is 5.73 Å². The fourth-order valence-corrected chi connectivity index (χ4v) is 2.61. The fourth-order valence-electron chi connectivity index (χ4n) is 2.61. The molecule has 94 valence electrons. The van der Waals surface area contributed by atoms with E-state index in [0.717, 1.165) is 32.4 Å². The summed E-state index contributed by atoms with van der Waals surface area (Å²) in [6, 6.07) is 10.0. The molecule has 2 rings (SSSR count). The highest BCUT2D eigenvalue weighted by molar-refractivity contribution is 5.22. The minimum atomic E-state index is 0.406. The molecule has 1 saturated heterocycles. The van der Waals surface area contributed by atoms with E-state index in [1.165, 1.54) is 11.1 Å². The van der Waals surface area contributed by atoms with Crippen molar-refractivity contribution in [3.63, 3.8) is 0 Å². The van der Waals surface area contributed by atoms with Gasteiger partial charge in [0, 0.05) is 25.2 Å². The number of hydrogen-bond acceptors (Lipinski definition) is 2. The molecule has 2 nitrogen and oxygen atoms in total. The summed E-state index contributed by atoms with van der Waals surface area (Å²) in [7, 11) is 0. The molecule has 2 atom stereocenters. The molecule has 0 aliphatic carbocycles. The lowest BCUT2D eigenvalue weighted by Crippen LogP contribution is -2.44. The van der Waals surface area contributed by atoms with Crippen LogP contribution < -0.4 is 5.73 Å². The van der Waals surface area contributed by atoms with Gasteiger partial charge in [0.2, 0.25) is 0 Å². The first kappa shape index (κ1) is 12.6. The van der Waals surface area contributed by atoms with Crippen molar-refractivity contribution in [3.8, 4) is 0 Å². The van der Waals surface area contributed by atoms with Gasteiger partial charge in [-0.25, -0.2) is 0 Å². The number of rotatable bonds is 3. The van der Waals surface area contributed by atoms with Crippen LogP contribution in [0.5, 0.6) is 0 Å². The SMILES string of the molecule is CCc1ccc(CN2CCC(N)CC2C)cc1. The molecule has 1 aromatic rings. The van der Waals surface area contributed by atoms with Crippen molar-refractivity contribution < 1.29 is 0 Å². The van der Waals surface area contributed by atoms with Crippen molar-refractivity contribution >= 4 is 0 Å². The number of aryl methyl sites for hydroxylation is 1. The van der Waals surface area contributed by atoms with E-state index in [2.05, 4.69) is 43.0 Å². The van der Waals surface area contributed by atoms with Gasteiger partial charge in [-0.15, -0.1) is 0 Å². The molecular formula is C15H24N2. The van der Waals surface area contributed by atoms with Gasteiger partial charge in [-0.2, -0.15) is 0 Å². The zero-order valence-corrected chi connectivity index (χ0v) is 11.0. The highest BCUT2D eigenvalue weighted by Crippen LogP contribution is 2.18. The maximum Gasteiger partial charge on any atom is 0.0236 e. The van der Waals surface area contributed by atoms with E-state index >= 15 is 0 Å². The lowest BCUT2D eigenvalue weighted by molar-refractivity contribution is 0.140. The van der Waals surface area contributed by atoms with Crippen molar-refractivity contribution in [1.82, 2.24) is 4.90 Å². The first-order valence-corrected chi connectivity index (χ1v) is 6.76. The Kier molecular flexibility index (Phi) is 4.19. The maximum atomic E-state index is 5.99. The molecule has 0 amide bonds. The highest BCUT2D eigenvalue weighted by atomic mass is 15.2. The van der Waals surface area contributed by atoms with E-state index in [9.17, 15) is 0 Å². The van der Waals surface area contributed by atoms with Gasteiger partial charge in [0.25, 0.3) is 0 Å². The van der Waals surface area contributed by atoms with Crippen molar-refractivity contribution in [1.29, 1.82) is 0 Å². The number of piperidine rings is 1. The van der Waals surface area contributed by atoms with Gasteiger partial charge in [0.1, 0.15) is 0 Å². The molecule has 0 spiro atoms. The van der Waals surface area contributed by atoms with Crippen LogP contribution in [0.15, 0.2) is 24.3 Å². The Balaban J connectivity index is 1.95. The Morgan fingerprint density at radius 2 is 1.88 bits per heavy atom. The summed E-state index contributed by atoms with van der Waals surface area (Å²) in [6.45, 7) is 6.69. The van der Waals surface area contributed by atoms with Gasteiger partial charge in [-0.1, -0.05) is 31.2 Å². The van der Waals surface area contributed by atoms with Gasteiger partial charge in [-0.3, -0.25) is 4.90 Å². The molecular weight excluding hydrogens is 208 g/mol. The molecule has 0 saturated carbocycles. The Morgan fingerprint density at radius 3 is 2.47 bits per heavy atom. The van der Waals surface area contributed by atoms with Gasteiger partial charge in [-0.05, 0) is 37.3 Å². The summed E-state index contributed by atoms with van der Waals surface area (Å²) in [5, 5.41) is 0. The van der Waals surface area contributed by atoms with Crippen LogP contribution >= 0.6 is 0 Å². The Bertz CT molecular complexity index is 344. The second-order valence-electron chi connectivity index (χ2n) is 5.27. The quantitative estimate of drug-likeness (QED) is 0.868. The first-order chi connectivity index (χ1) is 8.19. The van der Waals surface area contributed by atoms with Gasteiger partial charge in [0.05, 0.1) is 0 Å². The second-order valence-corrected chi connectivity index (χ2v) is 5.27. The van der Waals surface area contributed by atoms with Crippen LogP contribution in [0.1, 0.15) is 37.8 Å². The van der Waals surface area contributed by atoms with Crippen LogP contribution in [0.3, 0.4) is 0 Å². The fraction of sp³-hybridized carbons (Fsp3) is 0.600. The average Bonchev–Trinajstić information content (AvgIpc) is 2.34. The summed E-state index contributed by atoms with van der Waals surface area (Å²) >= 11 is 0. The predicted octanol–water partition coefficient (Wildman–Crippen LogP) is 2.56. The van der Waals surface area contributed by atoms with E-state index < -0.39 is 0 Å². The molecule has 2 N–H and O–H groups in total. The zero-order valence-electron chi connectivity index (χ0n) is 11.0. The molecule has 17 heavy (non-hydrogen) atoms. The molecule has 1 aromatic carbocycles. The normalized spacial score (nSPS) is 26.1. The third kappa shape index (κ3) is 3.30. The summed E-state index contributed by atoms with van der Waals surface area (Å²) in [4.78, 5) is 2.55. The van der Waals surface area contributed by atoms with E-state index in [4.69, 9.17) is 5.73 Å². The number of likely N-dealkylation sites (tertiary alicyclic amines) is 1. The number of hydrogen-bond donors (Lipinski definition) is 1. The molecule has 2 unspecified atom stereocenters. The summed E-state index contributed by atoms with van der Waals surface area (Å²) in [5.41, 5.74) is 8.83. The van der Waals surface area contributed by atoms with Crippen molar-refractivity contribution in [2.75, 3.05) is 6.54 Å². The standard InChI is InChI=1S/C15H24N2/c1-3-13-4-6-14(7-5-13)11-17-9-8-15(16)10-12(17)2/h4-7,12,15H,3,8-11,16H2,1-2H3. The second kappa shape index (κ2) is 5.65. The third-order valence-electron chi connectivity index (χ3n) is 3.87. The van der Waals surface area contributed by atoms with E-state index in [-0.39, 0.29) is 0 Å². The van der Waals surface area contributed by atoms with E-state index in [1.807, 2.05) is 0 Å². The van der Waals surface area contributed by atoms with Gasteiger partial charge >= 0.3 is 0 Å². The van der Waals surface area contributed by atoms with Crippen LogP contribution in [0.2, 0.25) is 0 Å². The topological polar surface area (TPSA) is 29.3 Å². The molecule has 0 radical (unpaired) electrons. The molecule has 0 aromatic heterocycles. The maximum absolute atomic E-state index is 5.99. The summed E-state index contributed by atoms with van der Waals surface area (Å²) < 4.78 is 0. The van der Waals surface area contributed by atoms with Gasteiger partial charge in [0.15, 0.2) is 0 Å². The molecule has 0 bridgehead atoms. The van der Waals surface area contributed by atoms with Crippen LogP contribution in [-0.4, -0.2) is 23.5 Å². The Morgan fingerprint density at radius 1 is 1.24 bits per heavy atom. The van der Waals surface area contributed by atoms with Crippen molar-refractivity contribution in [2.45, 2.75) is 51.7 Å². The molecule has 1 heterocycles. The number of benzene rings is 1. The highest BCUT2D eigenvalue weighted by Gasteiger charge is 2.22. The molecule has 1 fully saturated rings. The lowest BCUT2D eigenvalue weighted by atomic mass is 9.98. The zero-order chi connectivity index (χ0) is 12.3. The third-order valence-corrected chi connectivity index (χ3v) is 3.87. The monoisotopic (exact) mass is 232 g/mol. The minimum absolute atomic E-state index is 0.406. The lowest BCUT2D eigenvalue weighted by Gasteiger charge is -2.36. The largest absolute Gasteiger partial charge is 0.328 e. The van der Waals surface area contributed by atoms with Crippen LogP contribution in [-0.2, 0) is 13.0 Å². The number of nitrogens with two attached hydrogens (primary N) is 1. The molecule has 1 aliphatic heterocycles. The van der Waals surface area contributed by atoms with Crippen LogP contribution in [0, 0.1) is 0 Å². The summed E-state index contributed by atoms with van der Waals surface area (Å²) in [6.07, 6.45) is 3.39. The van der Waals surface area contributed by atoms with Crippen LogP contribution in [0.4, 0.5) is 0 Å². The van der Waals surface area contributed by atoms with E-state index in [1.54, 1.807) is 0 Å². The minimum Gasteiger partial charge on any atom is -0.328 e. The number of nitrogens with zero attached hydrogens (tertiary/aromatic N) is 1. The predicted molar refractivity (Wildman–Crippen MR) is 72.9 cm³/mol. The smallest absolute Gasteiger partial charge is 0.0236 e. The van der Waals surface area contributed by atoms with Crippen molar-refractivity contribution in [3.05, 3.63) is 35.4 Å². The Labute approximate surface area is 105 Å². The summed E-state index contributed by atoms with van der Waals surface area (Å²) in [5.74, 6) is 0. The first-order valence-electron chi connectivity index (χ1n) is 6.76. The average molecular weight is 232 g/mol. The van der Waals surface area contributed by atoms with Gasteiger partial charge < -0.3 is 5.73 Å².